The third-order valence-corrected chi connectivity index (χ3v) is 3.49. The summed E-state index contributed by atoms with van der Waals surface area (Å²) in [6, 6.07) is 12.1. The molecule has 18 heavy (non-hydrogen) atoms. The number of aromatic nitrogens is 2. The summed E-state index contributed by atoms with van der Waals surface area (Å²) in [5.41, 5.74) is 8.44. The number of hydrogen-bond donors (Lipinski definition) is 1. The van der Waals surface area contributed by atoms with E-state index in [4.69, 9.17) is 10.5 Å². The van der Waals surface area contributed by atoms with Crippen LogP contribution < -0.4 is 5.73 Å². The van der Waals surface area contributed by atoms with E-state index in [1.807, 2.05) is 41.1 Å². The monoisotopic (exact) mass is 243 g/mol. The summed E-state index contributed by atoms with van der Waals surface area (Å²) in [6.45, 7) is 1.57. The van der Waals surface area contributed by atoms with Gasteiger partial charge in [-0.05, 0) is 24.6 Å². The van der Waals surface area contributed by atoms with Gasteiger partial charge in [0.15, 0.2) is 0 Å². The molecule has 94 valence electrons. The zero-order chi connectivity index (χ0) is 12.4. The van der Waals surface area contributed by atoms with E-state index >= 15 is 0 Å². The van der Waals surface area contributed by atoms with Crippen LogP contribution in [0.4, 0.5) is 0 Å². The van der Waals surface area contributed by atoms with Crippen LogP contribution in [0, 0.1) is 5.92 Å². The van der Waals surface area contributed by atoms with E-state index < -0.39 is 0 Å². The van der Waals surface area contributed by atoms with Crippen LogP contribution in [-0.4, -0.2) is 23.0 Å². The van der Waals surface area contributed by atoms with Crippen molar-refractivity contribution in [1.82, 2.24) is 9.78 Å². The molecule has 1 aromatic carbocycles. The van der Waals surface area contributed by atoms with Crippen LogP contribution in [0.15, 0.2) is 42.6 Å². The molecule has 1 aromatic heterocycles. The standard InChI is InChI=1S/C14H17N3O/c15-14(11-7-9-18-10-11)13-6-8-16-17(13)12-4-2-1-3-5-12/h1-6,8,11,14H,7,9-10,15H2. The van der Waals surface area contributed by atoms with Crippen molar-refractivity contribution >= 4 is 0 Å². The van der Waals surface area contributed by atoms with Crippen molar-refractivity contribution in [2.75, 3.05) is 13.2 Å². The summed E-state index contributed by atoms with van der Waals surface area (Å²) in [4.78, 5) is 0. The quantitative estimate of drug-likeness (QED) is 0.896. The van der Waals surface area contributed by atoms with Crippen molar-refractivity contribution in [2.45, 2.75) is 12.5 Å². The topological polar surface area (TPSA) is 53.1 Å². The molecule has 1 saturated heterocycles. The van der Waals surface area contributed by atoms with E-state index in [0.717, 1.165) is 31.0 Å². The first kappa shape index (κ1) is 11.4. The summed E-state index contributed by atoms with van der Waals surface area (Å²) < 4.78 is 7.33. The zero-order valence-corrected chi connectivity index (χ0v) is 10.2. The molecule has 0 amide bonds. The summed E-state index contributed by atoms with van der Waals surface area (Å²) >= 11 is 0. The molecule has 0 saturated carbocycles. The molecule has 3 rings (SSSR count). The van der Waals surface area contributed by atoms with Gasteiger partial charge in [0.25, 0.3) is 0 Å². The maximum Gasteiger partial charge on any atom is 0.0649 e. The third kappa shape index (κ3) is 2.05. The highest BCUT2D eigenvalue weighted by atomic mass is 16.5. The minimum atomic E-state index is -0.0183. The molecule has 4 nitrogen and oxygen atoms in total. The van der Waals surface area contributed by atoms with Gasteiger partial charge in [-0.15, -0.1) is 0 Å². The van der Waals surface area contributed by atoms with Gasteiger partial charge < -0.3 is 10.5 Å². The Morgan fingerprint density at radius 3 is 2.83 bits per heavy atom. The summed E-state index contributed by atoms with van der Waals surface area (Å²) in [6.07, 6.45) is 2.83. The highest BCUT2D eigenvalue weighted by molar-refractivity contribution is 5.33. The van der Waals surface area contributed by atoms with Gasteiger partial charge in [0.2, 0.25) is 0 Å². The highest BCUT2D eigenvalue weighted by Crippen LogP contribution is 2.27. The van der Waals surface area contributed by atoms with Gasteiger partial charge in [0.1, 0.15) is 0 Å². The summed E-state index contributed by atoms with van der Waals surface area (Å²) in [5, 5.41) is 4.37. The molecule has 2 N–H and O–H groups in total. The van der Waals surface area contributed by atoms with Crippen LogP contribution >= 0.6 is 0 Å². The fourth-order valence-corrected chi connectivity index (χ4v) is 2.43. The van der Waals surface area contributed by atoms with Crippen LogP contribution in [0.5, 0.6) is 0 Å². The average molecular weight is 243 g/mol. The van der Waals surface area contributed by atoms with Crippen molar-refractivity contribution in [1.29, 1.82) is 0 Å². The molecule has 2 aromatic rings. The first-order valence-corrected chi connectivity index (χ1v) is 6.29. The van der Waals surface area contributed by atoms with Gasteiger partial charge in [-0.3, -0.25) is 0 Å². The van der Waals surface area contributed by atoms with Gasteiger partial charge in [-0.25, -0.2) is 4.68 Å². The molecule has 1 fully saturated rings. The Hall–Kier alpha value is -1.65. The molecule has 1 aliphatic heterocycles. The second kappa shape index (κ2) is 4.92. The van der Waals surface area contributed by atoms with Crippen LogP contribution in [0.3, 0.4) is 0 Å². The molecule has 0 spiro atoms. The van der Waals surface area contributed by atoms with Crippen molar-refractivity contribution < 1.29 is 4.74 Å². The van der Waals surface area contributed by atoms with E-state index in [1.165, 1.54) is 0 Å². The average Bonchev–Trinajstić information content (AvgIpc) is 3.10. The Labute approximate surface area is 106 Å². The van der Waals surface area contributed by atoms with Gasteiger partial charge in [0.05, 0.1) is 24.0 Å². The number of benzene rings is 1. The Kier molecular flexibility index (Phi) is 3.13. The second-order valence-corrected chi connectivity index (χ2v) is 4.65. The lowest BCUT2D eigenvalue weighted by atomic mass is 9.97. The van der Waals surface area contributed by atoms with E-state index in [9.17, 15) is 0 Å². The van der Waals surface area contributed by atoms with Crippen LogP contribution in [-0.2, 0) is 4.74 Å². The van der Waals surface area contributed by atoms with E-state index in [0.29, 0.717) is 5.92 Å². The van der Waals surface area contributed by atoms with Crippen molar-refractivity contribution in [2.24, 2.45) is 11.7 Å². The molecular weight excluding hydrogens is 226 g/mol. The fourth-order valence-electron chi connectivity index (χ4n) is 2.43. The van der Waals surface area contributed by atoms with E-state index in [2.05, 4.69) is 5.10 Å². The molecule has 2 atom stereocenters. The zero-order valence-electron chi connectivity index (χ0n) is 10.2. The van der Waals surface area contributed by atoms with Crippen LogP contribution in [0.1, 0.15) is 18.2 Å². The Balaban J connectivity index is 1.91. The molecule has 0 aliphatic carbocycles. The molecule has 1 aliphatic rings. The van der Waals surface area contributed by atoms with Crippen molar-refractivity contribution in [3.05, 3.63) is 48.3 Å². The predicted molar refractivity (Wildman–Crippen MR) is 69.4 cm³/mol. The molecule has 4 heteroatoms. The van der Waals surface area contributed by atoms with Gasteiger partial charge >= 0.3 is 0 Å². The SMILES string of the molecule is NC(c1ccnn1-c1ccccc1)C1CCOC1. The smallest absolute Gasteiger partial charge is 0.0649 e. The van der Waals surface area contributed by atoms with Crippen LogP contribution in [0.25, 0.3) is 5.69 Å². The van der Waals surface area contributed by atoms with Crippen molar-refractivity contribution in [3.63, 3.8) is 0 Å². The predicted octanol–water partition coefficient (Wildman–Crippen LogP) is 1.91. The lowest BCUT2D eigenvalue weighted by Crippen LogP contribution is -2.24. The van der Waals surface area contributed by atoms with Gasteiger partial charge in [-0.1, -0.05) is 18.2 Å². The summed E-state index contributed by atoms with van der Waals surface area (Å²) in [7, 11) is 0. The number of rotatable bonds is 3. The molecule has 2 unspecified atom stereocenters. The second-order valence-electron chi connectivity index (χ2n) is 4.65. The van der Waals surface area contributed by atoms with Crippen LogP contribution in [0.2, 0.25) is 0 Å². The lowest BCUT2D eigenvalue weighted by Gasteiger charge is -2.19. The first-order chi connectivity index (χ1) is 8.86. The number of nitrogens with zero attached hydrogens (tertiary/aromatic N) is 2. The summed E-state index contributed by atoms with van der Waals surface area (Å²) in [5.74, 6) is 0.393. The van der Waals surface area contributed by atoms with Gasteiger partial charge in [-0.2, -0.15) is 5.10 Å². The maximum atomic E-state index is 6.34. The molecule has 0 bridgehead atoms. The highest BCUT2D eigenvalue weighted by Gasteiger charge is 2.26. The minimum Gasteiger partial charge on any atom is -0.381 e. The van der Waals surface area contributed by atoms with Gasteiger partial charge in [0, 0.05) is 18.7 Å². The number of nitrogens with two attached hydrogens (primary N) is 1. The number of ether oxygens (including phenoxy) is 1. The first-order valence-electron chi connectivity index (χ1n) is 6.29. The minimum absolute atomic E-state index is 0.0183. The van der Waals surface area contributed by atoms with E-state index in [1.54, 1.807) is 6.20 Å². The van der Waals surface area contributed by atoms with Crippen molar-refractivity contribution in [3.8, 4) is 5.69 Å². The largest absolute Gasteiger partial charge is 0.381 e. The number of para-hydroxylation sites is 1. The normalized spacial score (nSPS) is 21.1. The fraction of sp³-hybridized carbons (Fsp3) is 0.357. The van der Waals surface area contributed by atoms with E-state index in [-0.39, 0.29) is 6.04 Å². The number of hydrogen-bond acceptors (Lipinski definition) is 3. The third-order valence-electron chi connectivity index (χ3n) is 3.49. The molecule has 0 radical (unpaired) electrons. The molecular formula is C14H17N3O. The molecule has 2 heterocycles. The maximum absolute atomic E-state index is 6.34. The Bertz CT molecular complexity index is 503. The Morgan fingerprint density at radius 1 is 1.28 bits per heavy atom. The Morgan fingerprint density at radius 2 is 2.11 bits per heavy atom. The lowest BCUT2D eigenvalue weighted by molar-refractivity contribution is 0.180.